The van der Waals surface area contributed by atoms with E-state index in [-0.39, 0.29) is 16.2 Å². The topological polar surface area (TPSA) is 0 Å². The lowest BCUT2D eigenvalue weighted by Crippen LogP contribution is -2.34. The van der Waals surface area contributed by atoms with Crippen LogP contribution in [0.2, 0.25) is 0 Å². The second-order valence-corrected chi connectivity index (χ2v) is 12.8. The fraction of sp³-hybridized carbons (Fsp3) is 0.474. The lowest BCUT2D eigenvalue weighted by Gasteiger charge is -2.41. The van der Waals surface area contributed by atoms with Crippen LogP contribution in [0, 0.1) is 30.6 Å². The van der Waals surface area contributed by atoms with Crippen LogP contribution in [-0.2, 0) is 11.8 Å². The minimum atomic E-state index is -0.198. The molecule has 0 bridgehead atoms. The van der Waals surface area contributed by atoms with Crippen LogP contribution in [-0.4, -0.2) is 0 Å². The van der Waals surface area contributed by atoms with E-state index >= 15 is 0 Å². The molecule has 0 spiro atoms. The summed E-state index contributed by atoms with van der Waals surface area (Å²) in [7, 11) is 0. The summed E-state index contributed by atoms with van der Waals surface area (Å²) in [5, 5.41) is 0. The van der Waals surface area contributed by atoms with E-state index in [1.165, 1.54) is 33.4 Å². The van der Waals surface area contributed by atoms with Gasteiger partial charge >= 0.3 is 0 Å². The highest BCUT2D eigenvalue weighted by Gasteiger charge is 2.40. The Morgan fingerprint density at radius 2 is 1.21 bits per heavy atom. The molecule has 0 fully saturated rings. The Kier molecular flexibility index (Phi) is 12.8. The van der Waals surface area contributed by atoms with Crippen molar-refractivity contribution in [3.63, 3.8) is 0 Å². The zero-order chi connectivity index (χ0) is 29.1. The Bertz CT molecular complexity index is 1090. The quantitative estimate of drug-likeness (QED) is 0.218. The van der Waals surface area contributed by atoms with Crippen LogP contribution < -0.4 is 0 Å². The monoisotopic (exact) mass is 512 g/mol. The van der Waals surface area contributed by atoms with E-state index in [4.69, 9.17) is 0 Å². The van der Waals surface area contributed by atoms with Gasteiger partial charge < -0.3 is 0 Å². The summed E-state index contributed by atoms with van der Waals surface area (Å²) in [5.41, 5.74) is 8.50. The molecule has 0 radical (unpaired) electrons. The van der Waals surface area contributed by atoms with Gasteiger partial charge in [-0.25, -0.2) is 0 Å². The highest BCUT2D eigenvalue weighted by atomic mass is 14.4. The first-order valence-electron chi connectivity index (χ1n) is 14.6. The molecule has 0 saturated heterocycles. The molecule has 3 aromatic rings. The molecular weight excluding hydrogens is 456 g/mol. The highest BCUT2D eigenvalue weighted by Crippen LogP contribution is 2.48. The molecule has 3 aromatic carbocycles. The summed E-state index contributed by atoms with van der Waals surface area (Å²) in [6, 6.07) is 27.8. The fourth-order valence-electron chi connectivity index (χ4n) is 5.10. The van der Waals surface area contributed by atoms with E-state index in [9.17, 15) is 0 Å². The third-order valence-corrected chi connectivity index (χ3v) is 7.46. The first-order chi connectivity index (χ1) is 17.7. The van der Waals surface area contributed by atoms with Crippen LogP contribution in [0.15, 0.2) is 85.5 Å². The van der Waals surface area contributed by atoms with E-state index in [0.717, 1.165) is 12.8 Å². The van der Waals surface area contributed by atoms with Crippen molar-refractivity contribution in [3.8, 4) is 0 Å². The van der Waals surface area contributed by atoms with E-state index in [1.54, 1.807) is 6.08 Å². The van der Waals surface area contributed by atoms with Gasteiger partial charge in [-0.2, -0.15) is 0 Å². The molecule has 0 aromatic heterocycles. The van der Waals surface area contributed by atoms with Gasteiger partial charge in [0.25, 0.3) is 0 Å². The number of aryl methyl sites for hydroxylation is 2. The van der Waals surface area contributed by atoms with Gasteiger partial charge in [0.2, 0.25) is 0 Å². The van der Waals surface area contributed by atoms with Gasteiger partial charge in [0.15, 0.2) is 0 Å². The molecule has 38 heavy (non-hydrogen) atoms. The first-order valence-corrected chi connectivity index (χ1v) is 14.6. The Balaban J connectivity index is 0.00000135. The van der Waals surface area contributed by atoms with Gasteiger partial charge in [-0.15, -0.1) is 6.58 Å². The van der Waals surface area contributed by atoms with Crippen LogP contribution in [0.3, 0.4) is 0 Å². The lowest BCUT2D eigenvalue weighted by molar-refractivity contribution is 0.248. The third-order valence-electron chi connectivity index (χ3n) is 7.46. The second kappa shape index (κ2) is 14.5. The van der Waals surface area contributed by atoms with Crippen molar-refractivity contribution in [2.45, 2.75) is 101 Å². The average Bonchev–Trinajstić information content (AvgIpc) is 2.84. The molecule has 0 nitrogen and oxygen atoms in total. The first kappa shape index (κ1) is 33.4. The van der Waals surface area contributed by atoms with Crippen molar-refractivity contribution >= 4 is 0 Å². The number of hydrogen-bond acceptors (Lipinski definition) is 0. The van der Waals surface area contributed by atoms with Crippen LogP contribution >= 0.6 is 0 Å². The molecule has 0 aliphatic carbocycles. The summed E-state index contributed by atoms with van der Waals surface area (Å²) in [4.78, 5) is 0. The predicted molar refractivity (Wildman–Crippen MR) is 172 cm³/mol. The van der Waals surface area contributed by atoms with Gasteiger partial charge in [0.05, 0.1) is 0 Å². The molecular formula is C38H56. The van der Waals surface area contributed by atoms with Gasteiger partial charge in [-0.05, 0) is 72.6 Å². The van der Waals surface area contributed by atoms with Crippen LogP contribution in [0.25, 0.3) is 0 Å². The van der Waals surface area contributed by atoms with E-state index < -0.39 is 0 Å². The minimum Gasteiger partial charge on any atom is -0.103 e. The molecule has 0 aliphatic heterocycles. The second-order valence-electron chi connectivity index (χ2n) is 12.8. The lowest BCUT2D eigenvalue weighted by atomic mass is 9.61. The normalized spacial score (nSPS) is 13.0. The predicted octanol–water partition coefficient (Wildman–Crippen LogP) is 11.5. The smallest absolute Gasteiger partial charge is 0.0456 e. The minimum absolute atomic E-state index is 0.155. The van der Waals surface area contributed by atoms with Crippen molar-refractivity contribution in [1.82, 2.24) is 0 Å². The molecule has 1 atom stereocenters. The Hall–Kier alpha value is -2.60. The molecule has 208 valence electrons. The van der Waals surface area contributed by atoms with Crippen molar-refractivity contribution in [2.75, 3.05) is 0 Å². The van der Waals surface area contributed by atoms with Crippen LogP contribution in [0.4, 0.5) is 0 Å². The Labute approximate surface area is 236 Å². The summed E-state index contributed by atoms with van der Waals surface area (Å²) in [6.45, 7) is 30.3. The summed E-state index contributed by atoms with van der Waals surface area (Å²) in [5.74, 6) is 0.631. The molecule has 0 saturated carbocycles. The number of hydrogen-bond donors (Lipinski definition) is 0. The molecule has 0 amide bonds. The van der Waals surface area contributed by atoms with Crippen LogP contribution in [0.5, 0.6) is 0 Å². The Morgan fingerprint density at radius 3 is 1.68 bits per heavy atom. The fourth-order valence-corrected chi connectivity index (χ4v) is 5.10. The maximum atomic E-state index is 3.36. The third kappa shape index (κ3) is 9.00. The average molecular weight is 513 g/mol. The standard InChI is InChI=1S/C33H44.C3H6.C2H6/c1-24(2)32(8,9)22-27-19-26(4)20-30(21-27)33(23-31(5,6)7,28-13-11-10-12-14-28)29-17-15-25(3)16-18-29;1-3-2;1-2/h10-21,24H,22-23H2,1-9H3;3H,1H2,2H3;1-2H3. The SMILES string of the molecule is C=CC.CC.Cc1ccc(C(CC(C)(C)C)(c2ccccc2)c2cc(C)cc(CC(C)(C)C(C)C)c2)cc1. The largest absolute Gasteiger partial charge is 0.103 e. The molecule has 0 aliphatic rings. The maximum Gasteiger partial charge on any atom is 0.0456 e. The van der Waals surface area contributed by atoms with Gasteiger partial charge in [-0.1, -0.05) is 152 Å². The number of benzene rings is 3. The van der Waals surface area contributed by atoms with Gasteiger partial charge in [0, 0.05) is 5.41 Å². The molecule has 1 unspecified atom stereocenters. The molecule has 0 heteroatoms. The van der Waals surface area contributed by atoms with Crippen molar-refractivity contribution in [3.05, 3.63) is 119 Å². The van der Waals surface area contributed by atoms with Gasteiger partial charge in [-0.3, -0.25) is 0 Å². The summed E-state index contributed by atoms with van der Waals surface area (Å²) in [6.07, 6.45) is 3.89. The van der Waals surface area contributed by atoms with Crippen molar-refractivity contribution in [1.29, 1.82) is 0 Å². The van der Waals surface area contributed by atoms with Crippen LogP contribution in [0.1, 0.15) is 109 Å². The molecule has 0 N–H and O–H groups in total. The highest BCUT2D eigenvalue weighted by molar-refractivity contribution is 5.53. The maximum absolute atomic E-state index is 3.36. The summed E-state index contributed by atoms with van der Waals surface area (Å²) < 4.78 is 0. The van der Waals surface area contributed by atoms with Crippen molar-refractivity contribution < 1.29 is 0 Å². The summed E-state index contributed by atoms with van der Waals surface area (Å²) >= 11 is 0. The van der Waals surface area contributed by atoms with E-state index in [0.29, 0.717) is 5.92 Å². The Morgan fingerprint density at radius 1 is 0.711 bits per heavy atom. The number of allylic oxidation sites excluding steroid dienone is 1. The zero-order valence-corrected chi connectivity index (χ0v) is 26.7. The van der Waals surface area contributed by atoms with E-state index in [1.807, 2.05) is 20.8 Å². The van der Waals surface area contributed by atoms with Gasteiger partial charge in [0.1, 0.15) is 0 Å². The number of rotatable bonds is 7. The molecule has 3 rings (SSSR count). The van der Waals surface area contributed by atoms with Crippen molar-refractivity contribution in [2.24, 2.45) is 16.7 Å². The zero-order valence-electron chi connectivity index (χ0n) is 26.7. The molecule has 0 heterocycles. The van der Waals surface area contributed by atoms with E-state index in [2.05, 4.69) is 142 Å².